The molecule has 1 saturated heterocycles. The molecule has 0 bridgehead atoms. The van der Waals surface area contributed by atoms with Crippen LogP contribution in [0.2, 0.25) is 0 Å². The van der Waals surface area contributed by atoms with Crippen molar-refractivity contribution >= 4 is 0 Å². The zero-order valence-electron chi connectivity index (χ0n) is 9.99. The van der Waals surface area contributed by atoms with Gasteiger partial charge in [-0.15, -0.1) is 0 Å². The van der Waals surface area contributed by atoms with E-state index in [9.17, 15) is 0 Å². The third-order valence-electron chi connectivity index (χ3n) is 3.40. The van der Waals surface area contributed by atoms with Gasteiger partial charge in [-0.1, -0.05) is 19.8 Å². The van der Waals surface area contributed by atoms with E-state index in [4.69, 9.17) is 10.8 Å². The number of rotatable bonds is 6. The van der Waals surface area contributed by atoms with Crippen LogP contribution >= 0.6 is 0 Å². The van der Waals surface area contributed by atoms with Gasteiger partial charge in [0.2, 0.25) is 0 Å². The first kappa shape index (κ1) is 12.9. The molecular formula is C12H26N2O. The Hall–Kier alpha value is -0.120. The van der Waals surface area contributed by atoms with Crippen molar-refractivity contribution < 1.29 is 5.11 Å². The van der Waals surface area contributed by atoms with Gasteiger partial charge in [-0.3, -0.25) is 0 Å². The predicted molar refractivity (Wildman–Crippen MR) is 63.8 cm³/mol. The summed E-state index contributed by atoms with van der Waals surface area (Å²) in [6.07, 6.45) is 6.10. The largest absolute Gasteiger partial charge is 0.396 e. The fourth-order valence-electron chi connectivity index (χ4n) is 2.45. The van der Waals surface area contributed by atoms with Crippen molar-refractivity contribution in [3.8, 4) is 0 Å². The highest BCUT2D eigenvalue weighted by atomic mass is 16.3. The molecule has 0 aromatic carbocycles. The van der Waals surface area contributed by atoms with Gasteiger partial charge in [0.05, 0.1) is 0 Å². The molecule has 3 nitrogen and oxygen atoms in total. The van der Waals surface area contributed by atoms with Crippen LogP contribution in [-0.4, -0.2) is 42.3 Å². The lowest BCUT2D eigenvalue weighted by atomic mass is 9.92. The van der Waals surface area contributed by atoms with E-state index in [1.165, 1.54) is 38.8 Å². The second kappa shape index (κ2) is 7.20. The topological polar surface area (TPSA) is 49.5 Å². The van der Waals surface area contributed by atoms with Crippen LogP contribution in [0.3, 0.4) is 0 Å². The van der Waals surface area contributed by atoms with Crippen molar-refractivity contribution in [3.63, 3.8) is 0 Å². The average Bonchev–Trinajstić information content (AvgIpc) is 2.22. The number of nitrogens with two attached hydrogens (primary N) is 1. The molecular weight excluding hydrogens is 188 g/mol. The van der Waals surface area contributed by atoms with Crippen LogP contribution < -0.4 is 5.73 Å². The van der Waals surface area contributed by atoms with E-state index in [0.29, 0.717) is 0 Å². The summed E-state index contributed by atoms with van der Waals surface area (Å²) < 4.78 is 0. The molecule has 0 saturated carbocycles. The Labute approximate surface area is 93.6 Å². The maximum atomic E-state index is 8.78. The van der Waals surface area contributed by atoms with Crippen molar-refractivity contribution in [2.24, 2.45) is 11.7 Å². The average molecular weight is 214 g/mol. The first-order chi connectivity index (χ1) is 7.26. The normalized spacial score (nSPS) is 21.8. The van der Waals surface area contributed by atoms with E-state index >= 15 is 0 Å². The Kier molecular flexibility index (Phi) is 6.22. The molecule has 0 aliphatic carbocycles. The first-order valence-corrected chi connectivity index (χ1v) is 6.35. The number of aliphatic hydroxyl groups excluding tert-OH is 1. The number of likely N-dealkylation sites (tertiary alicyclic amines) is 1. The molecule has 90 valence electrons. The van der Waals surface area contributed by atoms with Gasteiger partial charge in [0.15, 0.2) is 0 Å². The second-order valence-corrected chi connectivity index (χ2v) is 4.81. The quantitative estimate of drug-likeness (QED) is 0.698. The summed E-state index contributed by atoms with van der Waals surface area (Å²) in [5.41, 5.74) is 5.91. The van der Waals surface area contributed by atoms with Crippen molar-refractivity contribution in [1.29, 1.82) is 0 Å². The molecule has 3 N–H and O–H groups in total. The summed E-state index contributed by atoms with van der Waals surface area (Å²) in [4.78, 5) is 2.45. The molecule has 0 aromatic heterocycles. The lowest BCUT2D eigenvalue weighted by molar-refractivity contribution is 0.162. The van der Waals surface area contributed by atoms with Gasteiger partial charge in [-0.05, 0) is 38.3 Å². The van der Waals surface area contributed by atoms with Crippen molar-refractivity contribution in [3.05, 3.63) is 0 Å². The molecule has 1 rings (SSSR count). The van der Waals surface area contributed by atoms with Gasteiger partial charge >= 0.3 is 0 Å². The third-order valence-corrected chi connectivity index (χ3v) is 3.40. The molecule has 1 unspecified atom stereocenters. The standard InChI is InChI=1S/C12H26N2O/c1-2-3-11-4-7-14(8-5-11)10-12(13)6-9-15/h11-12,15H,2-10,13H2,1H3. The minimum absolute atomic E-state index is 0.151. The molecule has 3 heteroatoms. The zero-order valence-corrected chi connectivity index (χ0v) is 9.99. The van der Waals surface area contributed by atoms with Gasteiger partial charge in [-0.2, -0.15) is 0 Å². The van der Waals surface area contributed by atoms with Crippen LogP contribution in [0.15, 0.2) is 0 Å². The maximum Gasteiger partial charge on any atom is 0.0446 e. The molecule has 0 spiro atoms. The molecule has 1 heterocycles. The minimum Gasteiger partial charge on any atom is -0.396 e. The van der Waals surface area contributed by atoms with Crippen LogP contribution in [0, 0.1) is 5.92 Å². The van der Waals surface area contributed by atoms with E-state index in [-0.39, 0.29) is 12.6 Å². The number of nitrogens with zero attached hydrogens (tertiary/aromatic N) is 1. The van der Waals surface area contributed by atoms with Crippen LogP contribution in [0.1, 0.15) is 39.0 Å². The number of hydrogen-bond acceptors (Lipinski definition) is 3. The van der Waals surface area contributed by atoms with Gasteiger partial charge in [0.1, 0.15) is 0 Å². The molecule has 1 atom stereocenters. The molecule has 0 amide bonds. The third kappa shape index (κ3) is 4.96. The van der Waals surface area contributed by atoms with Crippen LogP contribution in [0.5, 0.6) is 0 Å². The molecule has 1 fully saturated rings. The number of piperidine rings is 1. The summed E-state index contributed by atoms with van der Waals surface area (Å²) in [7, 11) is 0. The SMILES string of the molecule is CCCC1CCN(CC(N)CCO)CC1. The highest BCUT2D eigenvalue weighted by Crippen LogP contribution is 2.21. The Bertz CT molecular complexity index is 156. The Morgan fingerprint density at radius 3 is 2.60 bits per heavy atom. The van der Waals surface area contributed by atoms with Crippen LogP contribution in [0.4, 0.5) is 0 Å². The Morgan fingerprint density at radius 2 is 2.07 bits per heavy atom. The minimum atomic E-state index is 0.151. The van der Waals surface area contributed by atoms with Crippen molar-refractivity contribution in [2.45, 2.75) is 45.1 Å². The molecule has 0 radical (unpaired) electrons. The van der Waals surface area contributed by atoms with Gasteiger partial charge in [0.25, 0.3) is 0 Å². The monoisotopic (exact) mass is 214 g/mol. The summed E-state index contributed by atoms with van der Waals surface area (Å²) >= 11 is 0. The Balaban J connectivity index is 2.14. The summed E-state index contributed by atoms with van der Waals surface area (Å²) in [6.45, 7) is 5.84. The molecule has 15 heavy (non-hydrogen) atoms. The highest BCUT2D eigenvalue weighted by molar-refractivity contribution is 4.75. The summed E-state index contributed by atoms with van der Waals surface area (Å²) in [5, 5.41) is 8.78. The fourth-order valence-corrected chi connectivity index (χ4v) is 2.45. The second-order valence-electron chi connectivity index (χ2n) is 4.81. The lowest BCUT2D eigenvalue weighted by Crippen LogP contribution is -2.42. The lowest BCUT2D eigenvalue weighted by Gasteiger charge is -2.33. The number of hydrogen-bond donors (Lipinski definition) is 2. The molecule has 0 aromatic rings. The summed E-state index contributed by atoms with van der Waals surface area (Å²) in [5.74, 6) is 0.945. The van der Waals surface area contributed by atoms with Gasteiger partial charge < -0.3 is 15.7 Å². The van der Waals surface area contributed by atoms with E-state index < -0.39 is 0 Å². The highest BCUT2D eigenvalue weighted by Gasteiger charge is 2.19. The van der Waals surface area contributed by atoms with E-state index in [0.717, 1.165) is 18.9 Å². The Morgan fingerprint density at radius 1 is 1.40 bits per heavy atom. The van der Waals surface area contributed by atoms with Gasteiger partial charge in [0, 0.05) is 19.2 Å². The van der Waals surface area contributed by atoms with Gasteiger partial charge in [-0.25, -0.2) is 0 Å². The van der Waals surface area contributed by atoms with E-state index in [1.54, 1.807) is 0 Å². The van der Waals surface area contributed by atoms with Crippen LogP contribution in [0.25, 0.3) is 0 Å². The van der Waals surface area contributed by atoms with E-state index in [1.807, 2.05) is 0 Å². The van der Waals surface area contributed by atoms with Crippen molar-refractivity contribution in [2.75, 3.05) is 26.2 Å². The molecule has 1 aliphatic heterocycles. The zero-order chi connectivity index (χ0) is 11.1. The number of aliphatic hydroxyl groups is 1. The van der Waals surface area contributed by atoms with Crippen LogP contribution in [-0.2, 0) is 0 Å². The van der Waals surface area contributed by atoms with E-state index in [2.05, 4.69) is 11.8 Å². The smallest absolute Gasteiger partial charge is 0.0446 e. The fraction of sp³-hybridized carbons (Fsp3) is 1.00. The van der Waals surface area contributed by atoms with Crippen molar-refractivity contribution in [1.82, 2.24) is 4.90 Å². The maximum absolute atomic E-state index is 8.78. The first-order valence-electron chi connectivity index (χ1n) is 6.35. The molecule has 1 aliphatic rings. The predicted octanol–water partition coefficient (Wildman–Crippen LogP) is 1.21. The summed E-state index contributed by atoms with van der Waals surface area (Å²) in [6, 6.07) is 0.151.